The van der Waals surface area contributed by atoms with Gasteiger partial charge in [0.1, 0.15) is 5.56 Å². The zero-order valence-corrected chi connectivity index (χ0v) is 12.8. The van der Waals surface area contributed by atoms with Gasteiger partial charge in [0.05, 0.1) is 0 Å². The fourth-order valence-corrected chi connectivity index (χ4v) is 2.47. The highest BCUT2D eigenvalue weighted by Gasteiger charge is 2.20. The molecule has 2 rings (SSSR count). The molecule has 0 saturated heterocycles. The Balaban J connectivity index is 2.80. The van der Waals surface area contributed by atoms with E-state index in [0.29, 0.717) is 21.8 Å². The molecule has 0 amide bonds. The molecule has 0 fully saturated rings. The SMILES string of the molecule is Cc1c(C(=O)O)c(=O)c(-c2ccc(Cl)cc2)cn1C(C)C. The zero-order valence-electron chi connectivity index (χ0n) is 12.1. The zero-order chi connectivity index (χ0) is 15.7. The second kappa shape index (κ2) is 5.74. The van der Waals surface area contributed by atoms with E-state index in [0.717, 1.165) is 0 Å². The summed E-state index contributed by atoms with van der Waals surface area (Å²) in [7, 11) is 0. The maximum absolute atomic E-state index is 12.5. The van der Waals surface area contributed by atoms with Crippen LogP contribution in [-0.2, 0) is 0 Å². The van der Waals surface area contributed by atoms with Gasteiger partial charge in [0.25, 0.3) is 0 Å². The van der Waals surface area contributed by atoms with Crippen LogP contribution in [-0.4, -0.2) is 15.6 Å². The molecule has 0 atom stereocenters. The van der Waals surface area contributed by atoms with Crippen molar-refractivity contribution in [2.45, 2.75) is 26.8 Å². The molecule has 0 aliphatic carbocycles. The lowest BCUT2D eigenvalue weighted by Gasteiger charge is -2.18. The third-order valence-electron chi connectivity index (χ3n) is 3.41. The van der Waals surface area contributed by atoms with Crippen LogP contribution in [0.5, 0.6) is 0 Å². The first kappa shape index (κ1) is 15.3. The smallest absolute Gasteiger partial charge is 0.341 e. The molecule has 21 heavy (non-hydrogen) atoms. The van der Waals surface area contributed by atoms with E-state index in [1.54, 1.807) is 42.0 Å². The third-order valence-corrected chi connectivity index (χ3v) is 3.67. The van der Waals surface area contributed by atoms with Crippen molar-refractivity contribution in [1.82, 2.24) is 4.57 Å². The number of carboxylic acid groups (broad SMARTS) is 1. The van der Waals surface area contributed by atoms with E-state index in [1.165, 1.54) is 0 Å². The molecule has 0 bridgehead atoms. The summed E-state index contributed by atoms with van der Waals surface area (Å²) in [5.41, 5.74) is 0.820. The van der Waals surface area contributed by atoms with Crippen LogP contribution in [0, 0.1) is 6.92 Å². The van der Waals surface area contributed by atoms with Crippen molar-refractivity contribution in [3.05, 3.63) is 57.0 Å². The summed E-state index contributed by atoms with van der Waals surface area (Å²) in [5.74, 6) is -1.21. The lowest BCUT2D eigenvalue weighted by Crippen LogP contribution is -2.24. The molecule has 0 radical (unpaired) electrons. The van der Waals surface area contributed by atoms with Crippen LogP contribution in [0.4, 0.5) is 0 Å². The highest BCUT2D eigenvalue weighted by molar-refractivity contribution is 6.30. The van der Waals surface area contributed by atoms with Gasteiger partial charge in [-0.2, -0.15) is 0 Å². The lowest BCUT2D eigenvalue weighted by atomic mass is 10.0. The lowest BCUT2D eigenvalue weighted by molar-refractivity contribution is 0.0693. The maximum atomic E-state index is 12.5. The Labute approximate surface area is 127 Å². The van der Waals surface area contributed by atoms with Crippen LogP contribution in [0.3, 0.4) is 0 Å². The minimum Gasteiger partial charge on any atom is -0.477 e. The number of nitrogens with zero attached hydrogens (tertiary/aromatic N) is 1. The van der Waals surface area contributed by atoms with Crippen LogP contribution in [0.2, 0.25) is 5.02 Å². The molecule has 5 heteroatoms. The maximum Gasteiger partial charge on any atom is 0.341 e. The summed E-state index contributed by atoms with van der Waals surface area (Å²) in [5, 5.41) is 9.90. The minimum absolute atomic E-state index is 0.0507. The van der Waals surface area contributed by atoms with Gasteiger partial charge in [0.15, 0.2) is 0 Å². The summed E-state index contributed by atoms with van der Waals surface area (Å²) in [6.45, 7) is 5.53. The van der Waals surface area contributed by atoms with E-state index in [9.17, 15) is 14.7 Å². The molecule has 0 saturated carbocycles. The Hall–Kier alpha value is -2.07. The van der Waals surface area contributed by atoms with E-state index >= 15 is 0 Å². The highest BCUT2D eigenvalue weighted by Crippen LogP contribution is 2.22. The number of carbonyl (C=O) groups is 1. The first-order chi connectivity index (χ1) is 9.82. The van der Waals surface area contributed by atoms with E-state index in [-0.39, 0.29) is 11.6 Å². The Morgan fingerprint density at radius 1 is 1.24 bits per heavy atom. The number of aromatic nitrogens is 1. The van der Waals surface area contributed by atoms with Crippen molar-refractivity contribution in [3.8, 4) is 11.1 Å². The normalized spacial score (nSPS) is 10.9. The van der Waals surface area contributed by atoms with Gasteiger partial charge in [-0.1, -0.05) is 23.7 Å². The molecule has 0 spiro atoms. The number of aromatic carboxylic acids is 1. The second-order valence-corrected chi connectivity index (χ2v) is 5.58. The molecule has 0 unspecified atom stereocenters. The summed E-state index contributed by atoms with van der Waals surface area (Å²) in [4.78, 5) is 23.9. The molecular weight excluding hydrogens is 290 g/mol. The van der Waals surface area contributed by atoms with Gasteiger partial charge in [0, 0.05) is 28.5 Å². The van der Waals surface area contributed by atoms with Crippen LogP contribution in [0.15, 0.2) is 35.3 Å². The molecule has 1 N–H and O–H groups in total. The summed E-state index contributed by atoms with van der Waals surface area (Å²) < 4.78 is 1.80. The molecule has 0 aliphatic heterocycles. The molecule has 1 aromatic heterocycles. The number of rotatable bonds is 3. The van der Waals surface area contributed by atoms with Gasteiger partial charge in [-0.25, -0.2) is 4.79 Å². The first-order valence-corrected chi connectivity index (χ1v) is 6.95. The van der Waals surface area contributed by atoms with Crippen LogP contribution in [0.1, 0.15) is 35.9 Å². The van der Waals surface area contributed by atoms with Crippen LogP contribution >= 0.6 is 11.6 Å². The Kier molecular flexibility index (Phi) is 4.19. The van der Waals surface area contributed by atoms with Crippen LogP contribution in [0.25, 0.3) is 11.1 Å². The Morgan fingerprint density at radius 2 is 1.81 bits per heavy atom. The highest BCUT2D eigenvalue weighted by atomic mass is 35.5. The van der Waals surface area contributed by atoms with Crippen molar-refractivity contribution < 1.29 is 9.90 Å². The second-order valence-electron chi connectivity index (χ2n) is 5.15. The standard InChI is InChI=1S/C16H16ClNO3/c1-9(2)18-8-13(11-4-6-12(17)7-5-11)15(19)14(10(18)3)16(20)21/h4-9H,1-3H3,(H,20,21). The number of halogens is 1. The summed E-state index contributed by atoms with van der Waals surface area (Å²) in [6.07, 6.45) is 1.71. The number of pyridine rings is 1. The Bertz CT molecular complexity index is 745. The first-order valence-electron chi connectivity index (χ1n) is 6.58. The number of carboxylic acids is 1. The van der Waals surface area contributed by atoms with E-state index in [1.807, 2.05) is 13.8 Å². The van der Waals surface area contributed by atoms with Crippen molar-refractivity contribution in [1.29, 1.82) is 0 Å². The minimum atomic E-state index is -1.21. The molecule has 4 nitrogen and oxygen atoms in total. The summed E-state index contributed by atoms with van der Waals surface area (Å²) in [6, 6.07) is 6.83. The molecule has 0 aliphatic rings. The van der Waals surface area contributed by atoms with Crippen molar-refractivity contribution in [2.75, 3.05) is 0 Å². The van der Waals surface area contributed by atoms with Gasteiger partial charge >= 0.3 is 5.97 Å². The van der Waals surface area contributed by atoms with Crippen molar-refractivity contribution in [2.24, 2.45) is 0 Å². The molecule has 1 aromatic carbocycles. The average Bonchev–Trinajstić information content (AvgIpc) is 2.39. The largest absolute Gasteiger partial charge is 0.477 e. The van der Waals surface area contributed by atoms with Gasteiger partial charge in [-0.3, -0.25) is 4.79 Å². The van der Waals surface area contributed by atoms with Crippen LogP contribution < -0.4 is 5.43 Å². The van der Waals surface area contributed by atoms with Gasteiger partial charge < -0.3 is 9.67 Å². The fourth-order valence-electron chi connectivity index (χ4n) is 2.35. The average molecular weight is 306 g/mol. The van der Waals surface area contributed by atoms with E-state index < -0.39 is 11.4 Å². The number of hydrogen-bond donors (Lipinski definition) is 1. The molecule has 1 heterocycles. The van der Waals surface area contributed by atoms with Crippen molar-refractivity contribution >= 4 is 17.6 Å². The van der Waals surface area contributed by atoms with Crippen molar-refractivity contribution in [3.63, 3.8) is 0 Å². The molecule has 110 valence electrons. The van der Waals surface area contributed by atoms with Gasteiger partial charge in [-0.15, -0.1) is 0 Å². The van der Waals surface area contributed by atoms with Gasteiger partial charge in [0.2, 0.25) is 5.43 Å². The molecule has 2 aromatic rings. The number of hydrogen-bond acceptors (Lipinski definition) is 2. The number of benzene rings is 1. The fraction of sp³-hybridized carbons (Fsp3) is 0.250. The third kappa shape index (κ3) is 2.85. The van der Waals surface area contributed by atoms with E-state index in [4.69, 9.17) is 11.6 Å². The monoisotopic (exact) mass is 305 g/mol. The quantitative estimate of drug-likeness (QED) is 0.939. The topological polar surface area (TPSA) is 59.3 Å². The molecular formula is C16H16ClNO3. The summed E-state index contributed by atoms with van der Waals surface area (Å²) >= 11 is 5.85. The van der Waals surface area contributed by atoms with E-state index in [2.05, 4.69) is 0 Å². The Morgan fingerprint density at radius 3 is 2.29 bits per heavy atom. The van der Waals surface area contributed by atoms with Gasteiger partial charge in [-0.05, 0) is 38.5 Å². The predicted octanol–water partition coefficient (Wildman–Crippen LogP) is 3.76. The predicted molar refractivity (Wildman–Crippen MR) is 83.2 cm³/mol.